The Hall–Kier alpha value is -1.11. The fourth-order valence-corrected chi connectivity index (χ4v) is 2.20. The first kappa shape index (κ1) is 10.4. The molecular formula is C14H18O. The highest BCUT2D eigenvalue weighted by atomic mass is 16.1. The van der Waals surface area contributed by atoms with Crippen molar-refractivity contribution in [2.24, 2.45) is 5.92 Å². The van der Waals surface area contributed by atoms with Crippen LogP contribution in [0.2, 0.25) is 0 Å². The molecule has 0 saturated heterocycles. The van der Waals surface area contributed by atoms with Crippen LogP contribution in [-0.2, 0) is 4.79 Å². The molecule has 0 radical (unpaired) electrons. The van der Waals surface area contributed by atoms with Crippen molar-refractivity contribution < 1.29 is 4.79 Å². The molecule has 0 heterocycles. The first-order valence-electron chi connectivity index (χ1n) is 5.88. The van der Waals surface area contributed by atoms with Gasteiger partial charge in [0.05, 0.1) is 0 Å². The van der Waals surface area contributed by atoms with Gasteiger partial charge in [-0.25, -0.2) is 0 Å². The number of rotatable bonds is 5. The van der Waals surface area contributed by atoms with Gasteiger partial charge in [0, 0.05) is 12.8 Å². The van der Waals surface area contributed by atoms with E-state index in [1.807, 2.05) is 6.92 Å². The van der Waals surface area contributed by atoms with Crippen LogP contribution < -0.4 is 0 Å². The second-order valence-electron chi connectivity index (χ2n) is 4.44. The van der Waals surface area contributed by atoms with E-state index >= 15 is 0 Å². The molecule has 0 N–H and O–H groups in total. The Kier molecular flexibility index (Phi) is 3.20. The van der Waals surface area contributed by atoms with Gasteiger partial charge in [-0.15, -0.1) is 0 Å². The van der Waals surface area contributed by atoms with Crippen LogP contribution in [-0.4, -0.2) is 5.78 Å². The van der Waals surface area contributed by atoms with Gasteiger partial charge in [-0.3, -0.25) is 4.79 Å². The van der Waals surface area contributed by atoms with E-state index in [0.29, 0.717) is 12.2 Å². The van der Waals surface area contributed by atoms with Crippen molar-refractivity contribution in [2.45, 2.75) is 38.5 Å². The second kappa shape index (κ2) is 4.61. The molecule has 1 heteroatoms. The van der Waals surface area contributed by atoms with Gasteiger partial charge in [0.15, 0.2) is 0 Å². The minimum Gasteiger partial charge on any atom is -0.300 e. The van der Waals surface area contributed by atoms with Crippen molar-refractivity contribution in [1.82, 2.24) is 0 Å². The number of Topliss-reactive ketones (excluding diaryl/α,β-unsaturated/α-hetero) is 1. The van der Waals surface area contributed by atoms with E-state index < -0.39 is 0 Å². The molecule has 15 heavy (non-hydrogen) atoms. The first-order chi connectivity index (χ1) is 7.31. The maximum atomic E-state index is 11.2. The van der Waals surface area contributed by atoms with Gasteiger partial charge in [0.2, 0.25) is 0 Å². The second-order valence-corrected chi connectivity index (χ2v) is 4.44. The molecule has 1 nitrogen and oxygen atoms in total. The Morgan fingerprint density at radius 3 is 2.73 bits per heavy atom. The van der Waals surface area contributed by atoms with Crippen molar-refractivity contribution in [2.75, 3.05) is 0 Å². The molecule has 0 amide bonds. The topological polar surface area (TPSA) is 17.1 Å². The predicted octanol–water partition coefficient (Wildman–Crippen LogP) is 3.55. The molecule has 2 atom stereocenters. The highest BCUT2D eigenvalue weighted by molar-refractivity contribution is 5.78. The summed E-state index contributed by atoms with van der Waals surface area (Å²) >= 11 is 0. The normalized spacial score (nSPS) is 23.8. The van der Waals surface area contributed by atoms with Gasteiger partial charge in [0.1, 0.15) is 5.78 Å². The molecule has 80 valence electrons. The molecule has 1 aromatic rings. The molecule has 0 aliphatic heterocycles. The van der Waals surface area contributed by atoms with Crippen LogP contribution >= 0.6 is 0 Å². The van der Waals surface area contributed by atoms with Gasteiger partial charge >= 0.3 is 0 Å². The summed E-state index contributed by atoms with van der Waals surface area (Å²) in [4.78, 5) is 11.2. The van der Waals surface area contributed by atoms with Crippen molar-refractivity contribution in [3.63, 3.8) is 0 Å². The summed E-state index contributed by atoms with van der Waals surface area (Å²) in [7, 11) is 0. The quantitative estimate of drug-likeness (QED) is 0.713. The third-order valence-electron chi connectivity index (χ3n) is 3.34. The predicted molar refractivity (Wildman–Crippen MR) is 61.8 cm³/mol. The molecule has 1 fully saturated rings. The minimum atomic E-state index is 0.411. The summed E-state index contributed by atoms with van der Waals surface area (Å²) in [6.45, 7) is 1.95. The Bertz CT molecular complexity index is 328. The van der Waals surface area contributed by atoms with Gasteiger partial charge in [-0.05, 0) is 30.2 Å². The zero-order chi connectivity index (χ0) is 10.7. The number of carbonyl (C=O) groups is 1. The lowest BCUT2D eigenvalue weighted by atomic mass is 10.1. The maximum absolute atomic E-state index is 11.2. The van der Waals surface area contributed by atoms with E-state index in [1.165, 1.54) is 12.0 Å². The highest BCUT2D eigenvalue weighted by Crippen LogP contribution is 2.49. The lowest BCUT2D eigenvalue weighted by molar-refractivity contribution is -0.118. The average molecular weight is 202 g/mol. The Balaban J connectivity index is 1.79. The number of hydrogen-bond acceptors (Lipinski definition) is 1. The summed E-state index contributed by atoms with van der Waals surface area (Å²) in [6.07, 6.45) is 3.85. The fourth-order valence-electron chi connectivity index (χ4n) is 2.20. The summed E-state index contributed by atoms with van der Waals surface area (Å²) in [5.74, 6) is 1.91. The number of ketones is 1. The number of carbonyl (C=O) groups excluding carboxylic acids is 1. The van der Waals surface area contributed by atoms with Crippen LogP contribution in [0, 0.1) is 5.92 Å². The number of hydrogen-bond donors (Lipinski definition) is 0. The zero-order valence-electron chi connectivity index (χ0n) is 9.28. The molecule has 2 rings (SSSR count). The van der Waals surface area contributed by atoms with Crippen LogP contribution in [0.1, 0.15) is 44.1 Å². The lowest BCUT2D eigenvalue weighted by Gasteiger charge is -1.99. The largest absolute Gasteiger partial charge is 0.300 e. The molecule has 1 aromatic carbocycles. The standard InChI is InChI=1S/C14H18O/c1-2-13(15)9-8-12-10-14(12)11-6-4-3-5-7-11/h3-7,12,14H,2,8-10H2,1H3. The van der Waals surface area contributed by atoms with Crippen molar-refractivity contribution >= 4 is 5.78 Å². The monoisotopic (exact) mass is 202 g/mol. The summed E-state index contributed by atoms with van der Waals surface area (Å²) < 4.78 is 0. The smallest absolute Gasteiger partial charge is 0.132 e. The molecule has 0 bridgehead atoms. The van der Waals surface area contributed by atoms with E-state index in [4.69, 9.17) is 0 Å². The van der Waals surface area contributed by atoms with E-state index in [9.17, 15) is 4.79 Å². The van der Waals surface area contributed by atoms with E-state index in [2.05, 4.69) is 30.3 Å². The van der Waals surface area contributed by atoms with Crippen LogP contribution in [0.25, 0.3) is 0 Å². The molecule has 2 unspecified atom stereocenters. The fraction of sp³-hybridized carbons (Fsp3) is 0.500. The zero-order valence-corrected chi connectivity index (χ0v) is 9.28. The van der Waals surface area contributed by atoms with Crippen LogP contribution in [0.15, 0.2) is 30.3 Å². The van der Waals surface area contributed by atoms with Crippen LogP contribution in [0.4, 0.5) is 0 Å². The van der Waals surface area contributed by atoms with Gasteiger partial charge in [-0.1, -0.05) is 37.3 Å². The first-order valence-corrected chi connectivity index (χ1v) is 5.88. The van der Waals surface area contributed by atoms with Gasteiger partial charge in [-0.2, -0.15) is 0 Å². The van der Waals surface area contributed by atoms with Crippen molar-refractivity contribution in [3.05, 3.63) is 35.9 Å². The minimum absolute atomic E-state index is 0.411. The summed E-state index contributed by atoms with van der Waals surface area (Å²) in [6, 6.07) is 10.7. The van der Waals surface area contributed by atoms with Crippen LogP contribution in [0.3, 0.4) is 0 Å². The van der Waals surface area contributed by atoms with Crippen LogP contribution in [0.5, 0.6) is 0 Å². The summed E-state index contributed by atoms with van der Waals surface area (Å²) in [5.41, 5.74) is 1.45. The van der Waals surface area contributed by atoms with Gasteiger partial charge in [0.25, 0.3) is 0 Å². The number of benzene rings is 1. The Morgan fingerprint density at radius 2 is 2.07 bits per heavy atom. The van der Waals surface area contributed by atoms with E-state index in [1.54, 1.807) is 0 Å². The van der Waals surface area contributed by atoms with Gasteiger partial charge < -0.3 is 0 Å². The maximum Gasteiger partial charge on any atom is 0.132 e. The molecular weight excluding hydrogens is 184 g/mol. The third kappa shape index (κ3) is 2.68. The molecule has 1 saturated carbocycles. The van der Waals surface area contributed by atoms with Crippen molar-refractivity contribution in [3.8, 4) is 0 Å². The Labute approximate surface area is 91.5 Å². The average Bonchev–Trinajstić information content (AvgIpc) is 3.06. The molecule has 0 spiro atoms. The van der Waals surface area contributed by atoms with Crippen molar-refractivity contribution in [1.29, 1.82) is 0 Å². The van der Waals surface area contributed by atoms with E-state index in [0.717, 1.165) is 24.7 Å². The molecule has 1 aliphatic carbocycles. The molecule has 0 aromatic heterocycles. The Morgan fingerprint density at radius 1 is 1.33 bits per heavy atom. The summed E-state index contributed by atoms with van der Waals surface area (Å²) in [5, 5.41) is 0. The van der Waals surface area contributed by atoms with E-state index in [-0.39, 0.29) is 0 Å². The molecule has 1 aliphatic rings. The lowest BCUT2D eigenvalue weighted by Crippen LogP contribution is -1.95. The third-order valence-corrected chi connectivity index (χ3v) is 3.34. The SMILES string of the molecule is CCC(=O)CCC1CC1c1ccccc1. The highest BCUT2D eigenvalue weighted by Gasteiger charge is 2.37.